The van der Waals surface area contributed by atoms with Gasteiger partial charge in [0.05, 0.1) is 21.8 Å². The van der Waals surface area contributed by atoms with Gasteiger partial charge in [0, 0.05) is 22.7 Å². The lowest BCUT2D eigenvalue weighted by atomic mass is 10.2. The van der Waals surface area contributed by atoms with Crippen LogP contribution in [-0.2, 0) is 23.4 Å². The monoisotopic (exact) mass is 430 g/mol. The number of aromatic nitrogens is 2. The molecule has 2 N–H and O–H groups in total. The number of aromatic amines is 1. The molecule has 1 aliphatic rings. The maximum Gasteiger partial charge on any atom is 0.271 e. The number of fused-ring (bicyclic) bond motifs is 3. The summed E-state index contributed by atoms with van der Waals surface area (Å²) in [5.41, 5.74) is 2.06. The first kappa shape index (κ1) is 19.6. The highest BCUT2D eigenvalue weighted by molar-refractivity contribution is 7.99. The number of benzene rings is 1. The van der Waals surface area contributed by atoms with Crippen molar-refractivity contribution in [2.75, 3.05) is 11.1 Å². The van der Waals surface area contributed by atoms with Crippen molar-refractivity contribution in [3.63, 3.8) is 0 Å². The van der Waals surface area contributed by atoms with Gasteiger partial charge in [-0.3, -0.25) is 19.7 Å². The van der Waals surface area contributed by atoms with E-state index >= 15 is 0 Å². The van der Waals surface area contributed by atoms with Gasteiger partial charge >= 0.3 is 0 Å². The largest absolute Gasteiger partial charge is 0.325 e. The van der Waals surface area contributed by atoms with Crippen LogP contribution in [0.5, 0.6) is 0 Å². The van der Waals surface area contributed by atoms with Crippen LogP contribution in [-0.4, -0.2) is 26.6 Å². The molecule has 3 aromatic rings. The van der Waals surface area contributed by atoms with Crippen LogP contribution in [0.15, 0.2) is 23.0 Å². The zero-order valence-electron chi connectivity index (χ0n) is 15.6. The van der Waals surface area contributed by atoms with Crippen molar-refractivity contribution in [1.29, 1.82) is 0 Å². The summed E-state index contributed by atoms with van der Waals surface area (Å²) in [6, 6.07) is 4.46. The molecule has 0 aliphatic heterocycles. The smallest absolute Gasteiger partial charge is 0.271 e. The molecule has 8 nitrogen and oxygen atoms in total. The lowest BCUT2D eigenvalue weighted by Gasteiger charge is -2.06. The van der Waals surface area contributed by atoms with Crippen LogP contribution in [0, 0.1) is 17.0 Å². The van der Waals surface area contributed by atoms with Crippen LogP contribution in [0.4, 0.5) is 11.4 Å². The van der Waals surface area contributed by atoms with E-state index in [0.717, 1.165) is 35.0 Å². The SMILES string of the molecule is Cc1cc(NC(=O)CSCc2nc3sc4c(c3c(=O)[nH]2)CCC4)cc([N+](=O)[O-])c1. The van der Waals surface area contributed by atoms with E-state index in [1.165, 1.54) is 28.8 Å². The minimum absolute atomic E-state index is 0.0640. The number of H-pyrrole nitrogens is 1. The highest BCUT2D eigenvalue weighted by atomic mass is 32.2. The molecule has 0 unspecified atom stereocenters. The summed E-state index contributed by atoms with van der Waals surface area (Å²) in [6.07, 6.45) is 3.04. The zero-order chi connectivity index (χ0) is 20.5. The molecule has 0 radical (unpaired) electrons. The lowest BCUT2D eigenvalue weighted by molar-refractivity contribution is -0.384. The van der Waals surface area contributed by atoms with Gasteiger partial charge in [-0.15, -0.1) is 23.1 Å². The van der Waals surface area contributed by atoms with Crippen LogP contribution in [0.1, 0.15) is 28.2 Å². The lowest BCUT2D eigenvalue weighted by Crippen LogP contribution is -2.15. The second-order valence-corrected chi connectivity index (χ2v) is 8.97. The number of nitro benzene ring substituents is 1. The number of nitrogens with zero attached hydrogens (tertiary/aromatic N) is 2. The topological polar surface area (TPSA) is 118 Å². The first-order chi connectivity index (χ1) is 13.9. The first-order valence-electron chi connectivity index (χ1n) is 9.08. The minimum atomic E-state index is -0.490. The summed E-state index contributed by atoms with van der Waals surface area (Å²) < 4.78 is 0. The molecule has 150 valence electrons. The number of hydrogen-bond acceptors (Lipinski definition) is 7. The van der Waals surface area contributed by atoms with Gasteiger partial charge < -0.3 is 10.3 Å². The normalized spacial score (nSPS) is 12.9. The van der Waals surface area contributed by atoms with E-state index < -0.39 is 4.92 Å². The average Bonchev–Trinajstić information content (AvgIpc) is 3.21. The minimum Gasteiger partial charge on any atom is -0.325 e. The Bertz CT molecular complexity index is 1180. The molecule has 0 saturated carbocycles. The number of rotatable bonds is 6. The number of thiophene rings is 1. The van der Waals surface area contributed by atoms with E-state index in [1.54, 1.807) is 24.3 Å². The predicted octanol–water partition coefficient (Wildman–Crippen LogP) is 3.56. The molecule has 0 bridgehead atoms. The Hall–Kier alpha value is -2.72. The zero-order valence-corrected chi connectivity index (χ0v) is 17.2. The van der Waals surface area contributed by atoms with Crippen molar-refractivity contribution in [3.8, 4) is 0 Å². The van der Waals surface area contributed by atoms with Crippen molar-refractivity contribution in [3.05, 3.63) is 60.5 Å². The number of anilines is 1. The highest BCUT2D eigenvalue weighted by Crippen LogP contribution is 2.34. The Labute approximate surface area is 173 Å². The highest BCUT2D eigenvalue weighted by Gasteiger charge is 2.21. The molecule has 0 atom stereocenters. The summed E-state index contributed by atoms with van der Waals surface area (Å²) >= 11 is 2.91. The molecule has 0 fully saturated rings. The number of amides is 1. The molecule has 0 spiro atoms. The van der Waals surface area contributed by atoms with Gasteiger partial charge in [-0.25, -0.2) is 4.98 Å². The van der Waals surface area contributed by atoms with E-state index in [9.17, 15) is 19.7 Å². The molecular weight excluding hydrogens is 412 g/mol. The van der Waals surface area contributed by atoms with Gasteiger partial charge in [-0.05, 0) is 43.4 Å². The van der Waals surface area contributed by atoms with E-state index in [4.69, 9.17) is 0 Å². The van der Waals surface area contributed by atoms with Crippen LogP contribution in [0.2, 0.25) is 0 Å². The Balaban J connectivity index is 1.38. The summed E-state index contributed by atoms with van der Waals surface area (Å²) in [4.78, 5) is 44.5. The van der Waals surface area contributed by atoms with E-state index in [-0.39, 0.29) is 22.9 Å². The molecule has 10 heteroatoms. The van der Waals surface area contributed by atoms with Crippen molar-refractivity contribution in [2.24, 2.45) is 0 Å². The summed E-state index contributed by atoms with van der Waals surface area (Å²) in [5, 5.41) is 14.3. The number of aryl methyl sites for hydroxylation is 3. The van der Waals surface area contributed by atoms with E-state index in [1.807, 2.05) is 0 Å². The molecule has 1 aliphatic carbocycles. The van der Waals surface area contributed by atoms with Gasteiger partial charge in [0.2, 0.25) is 5.91 Å². The van der Waals surface area contributed by atoms with Gasteiger partial charge in [-0.1, -0.05) is 0 Å². The first-order valence-corrected chi connectivity index (χ1v) is 11.0. The van der Waals surface area contributed by atoms with Gasteiger partial charge in [0.15, 0.2) is 0 Å². The Morgan fingerprint density at radius 3 is 3.00 bits per heavy atom. The quantitative estimate of drug-likeness (QED) is 0.456. The molecule has 29 heavy (non-hydrogen) atoms. The standard InChI is InChI=1S/C19H18N4O4S2/c1-10-5-11(7-12(6-10)23(26)27)20-16(24)9-28-8-15-21-18(25)17-13-3-2-4-14(13)29-19(17)22-15/h5-7H,2-4,8-9H2,1H3,(H,20,24)(H,21,22,25). The maximum absolute atomic E-state index is 12.4. The molecule has 1 aromatic carbocycles. The summed E-state index contributed by atoms with van der Waals surface area (Å²) in [6.45, 7) is 1.73. The predicted molar refractivity (Wildman–Crippen MR) is 115 cm³/mol. The molecule has 1 amide bonds. The van der Waals surface area contributed by atoms with Crippen LogP contribution >= 0.6 is 23.1 Å². The van der Waals surface area contributed by atoms with Crippen molar-refractivity contribution in [1.82, 2.24) is 9.97 Å². The molecule has 2 aromatic heterocycles. The number of non-ortho nitro benzene ring substituents is 1. The van der Waals surface area contributed by atoms with Gasteiger partial charge in [0.25, 0.3) is 11.2 Å². The molecule has 2 heterocycles. The number of nitro groups is 1. The van der Waals surface area contributed by atoms with Crippen LogP contribution in [0.3, 0.4) is 0 Å². The summed E-state index contributed by atoms with van der Waals surface area (Å²) in [5.74, 6) is 0.819. The van der Waals surface area contributed by atoms with Crippen LogP contribution < -0.4 is 10.9 Å². The van der Waals surface area contributed by atoms with Crippen molar-refractivity contribution >= 4 is 50.6 Å². The second-order valence-electron chi connectivity index (χ2n) is 6.91. The third-order valence-corrected chi connectivity index (χ3v) is 6.78. The summed E-state index contributed by atoms with van der Waals surface area (Å²) in [7, 11) is 0. The van der Waals surface area contributed by atoms with Gasteiger partial charge in [-0.2, -0.15) is 0 Å². The third-order valence-electron chi connectivity index (χ3n) is 4.65. The third kappa shape index (κ3) is 4.18. The number of nitrogens with one attached hydrogen (secondary N) is 2. The fourth-order valence-electron chi connectivity index (χ4n) is 3.49. The van der Waals surface area contributed by atoms with E-state index in [0.29, 0.717) is 22.8 Å². The van der Waals surface area contributed by atoms with E-state index in [2.05, 4.69) is 15.3 Å². The molecular formula is C19H18N4O4S2. The fourth-order valence-corrected chi connectivity index (χ4v) is 5.46. The Morgan fingerprint density at radius 1 is 1.38 bits per heavy atom. The number of thioether (sulfide) groups is 1. The van der Waals surface area contributed by atoms with Gasteiger partial charge in [0.1, 0.15) is 10.7 Å². The average molecular weight is 431 g/mol. The van der Waals surface area contributed by atoms with Crippen LogP contribution in [0.25, 0.3) is 10.2 Å². The molecule has 0 saturated heterocycles. The Kier molecular flexibility index (Phi) is 5.37. The molecule has 4 rings (SSSR count). The maximum atomic E-state index is 12.4. The Morgan fingerprint density at radius 2 is 2.21 bits per heavy atom. The number of carbonyl (C=O) groups is 1. The van der Waals surface area contributed by atoms with Crippen molar-refractivity contribution < 1.29 is 9.72 Å². The number of hydrogen-bond donors (Lipinski definition) is 2. The number of carbonyl (C=O) groups excluding carboxylic acids is 1. The second kappa shape index (κ2) is 7.96. The fraction of sp³-hybridized carbons (Fsp3) is 0.316. The van der Waals surface area contributed by atoms with Crippen molar-refractivity contribution in [2.45, 2.75) is 31.9 Å².